The number of piperidine rings is 1. The Hall–Kier alpha value is -2.07. The number of hydrogen-bond donors (Lipinski definition) is 2. The largest absolute Gasteiger partial charge is 0.382 e. The van der Waals surface area contributed by atoms with Crippen LogP contribution in [-0.4, -0.2) is 51.4 Å². The highest BCUT2D eigenvalue weighted by atomic mass is 35.5. The van der Waals surface area contributed by atoms with Crippen LogP contribution in [0, 0.1) is 5.41 Å². The number of hydrogen-bond acceptors (Lipinski definition) is 8. The van der Waals surface area contributed by atoms with Gasteiger partial charge in [-0.2, -0.15) is 5.10 Å². The highest BCUT2D eigenvalue weighted by Crippen LogP contribution is 2.42. The van der Waals surface area contributed by atoms with Crippen LogP contribution in [0.3, 0.4) is 0 Å². The molecular weight excluding hydrogens is 422 g/mol. The maximum absolute atomic E-state index is 6.46. The van der Waals surface area contributed by atoms with Crippen molar-refractivity contribution in [3.63, 3.8) is 0 Å². The van der Waals surface area contributed by atoms with Gasteiger partial charge in [0.05, 0.1) is 30.1 Å². The van der Waals surface area contributed by atoms with E-state index in [1.165, 1.54) is 11.8 Å². The number of aromatic nitrogens is 4. The lowest BCUT2D eigenvalue weighted by Gasteiger charge is -2.41. The third kappa shape index (κ3) is 3.20. The third-order valence-electron chi connectivity index (χ3n) is 6.38. The van der Waals surface area contributed by atoms with Gasteiger partial charge in [-0.25, -0.2) is 14.5 Å². The first-order valence-electron chi connectivity index (χ1n) is 10.0. The normalized spacial score (nSPS) is 23.5. The van der Waals surface area contributed by atoms with E-state index in [1.807, 2.05) is 22.8 Å². The quantitative estimate of drug-likeness (QED) is 0.633. The average Bonchev–Trinajstić information content (AvgIpc) is 3.35. The second-order valence-corrected chi connectivity index (χ2v) is 9.49. The molecule has 0 unspecified atom stereocenters. The lowest BCUT2D eigenvalue weighted by Crippen LogP contribution is -2.50. The van der Waals surface area contributed by atoms with Gasteiger partial charge in [0.25, 0.3) is 0 Å². The molecule has 30 heavy (non-hydrogen) atoms. The fourth-order valence-electron chi connectivity index (χ4n) is 4.47. The van der Waals surface area contributed by atoms with Crippen molar-refractivity contribution in [3.05, 3.63) is 35.7 Å². The van der Waals surface area contributed by atoms with E-state index in [-0.39, 0.29) is 17.6 Å². The first-order valence-corrected chi connectivity index (χ1v) is 11.2. The summed E-state index contributed by atoms with van der Waals surface area (Å²) in [5.74, 6) is 1.25. The van der Waals surface area contributed by atoms with Crippen LogP contribution in [0.2, 0.25) is 5.02 Å². The van der Waals surface area contributed by atoms with Crippen molar-refractivity contribution >= 4 is 40.5 Å². The van der Waals surface area contributed by atoms with Crippen molar-refractivity contribution in [2.24, 2.45) is 11.1 Å². The Morgan fingerprint density at radius 1 is 1.23 bits per heavy atom. The Bertz CT molecular complexity index is 1080. The molecule has 10 heteroatoms. The summed E-state index contributed by atoms with van der Waals surface area (Å²) >= 11 is 7.78. The van der Waals surface area contributed by atoms with Gasteiger partial charge < -0.3 is 21.1 Å². The number of nitrogen functional groups attached to an aromatic ring is 1. The van der Waals surface area contributed by atoms with Gasteiger partial charge in [-0.05, 0) is 31.9 Å². The topological polar surface area (TPSA) is 108 Å². The molecule has 0 radical (unpaired) electrons. The second-order valence-electron chi connectivity index (χ2n) is 8.05. The first kappa shape index (κ1) is 19.9. The van der Waals surface area contributed by atoms with Gasteiger partial charge >= 0.3 is 0 Å². The SMILES string of the molecule is C[C@@H]1OCC2(CCN(c3ncc(Sc4ccnc(N)c4Cl)n4nccc34)CC2)[C@@H]1N. The van der Waals surface area contributed by atoms with E-state index in [2.05, 4.69) is 21.9 Å². The van der Waals surface area contributed by atoms with Gasteiger partial charge in [-0.3, -0.25) is 0 Å². The van der Waals surface area contributed by atoms with Crippen LogP contribution in [0.5, 0.6) is 0 Å². The molecule has 8 nitrogen and oxygen atoms in total. The van der Waals surface area contributed by atoms with Crippen molar-refractivity contribution in [2.75, 3.05) is 30.3 Å². The van der Waals surface area contributed by atoms with E-state index in [4.69, 9.17) is 32.8 Å². The number of pyridine rings is 1. The summed E-state index contributed by atoms with van der Waals surface area (Å²) in [6, 6.07) is 3.93. The summed E-state index contributed by atoms with van der Waals surface area (Å²) in [5.41, 5.74) is 13.3. The maximum Gasteiger partial charge on any atom is 0.154 e. The van der Waals surface area contributed by atoms with Crippen molar-refractivity contribution < 1.29 is 4.74 Å². The van der Waals surface area contributed by atoms with Gasteiger partial charge in [0.15, 0.2) is 5.82 Å². The zero-order valence-electron chi connectivity index (χ0n) is 16.7. The summed E-state index contributed by atoms with van der Waals surface area (Å²) < 4.78 is 7.75. The summed E-state index contributed by atoms with van der Waals surface area (Å²) in [6.45, 7) is 4.62. The Kier molecular flexibility index (Phi) is 5.01. The summed E-state index contributed by atoms with van der Waals surface area (Å²) in [6.07, 6.45) is 7.41. The minimum absolute atomic E-state index is 0.0836. The number of fused-ring (bicyclic) bond motifs is 1. The van der Waals surface area contributed by atoms with Crippen LogP contribution in [-0.2, 0) is 4.74 Å². The molecule has 2 saturated heterocycles. The predicted octanol–water partition coefficient (Wildman–Crippen LogP) is 2.84. The number of anilines is 2. The standard InChI is InChI=1S/C20H24ClN7OS/c1-12-17(22)20(11-29-12)4-8-27(9-5-20)19-13-2-7-26-28(13)15(10-25-19)30-14-3-6-24-18(23)16(14)21/h2-3,6-7,10,12,17H,4-5,8-9,11,22H2,1H3,(H2,23,24)/t12-,17+/m0/s1. The lowest BCUT2D eigenvalue weighted by atomic mass is 9.73. The molecule has 1 spiro atoms. The highest BCUT2D eigenvalue weighted by Gasteiger charge is 2.47. The second kappa shape index (κ2) is 7.56. The minimum atomic E-state index is 0.0836. The number of ether oxygens (including phenoxy) is 1. The van der Waals surface area contributed by atoms with E-state index in [9.17, 15) is 0 Å². The summed E-state index contributed by atoms with van der Waals surface area (Å²) in [4.78, 5) is 12.0. The number of halogens is 1. The van der Waals surface area contributed by atoms with Crippen molar-refractivity contribution in [1.82, 2.24) is 19.6 Å². The smallest absolute Gasteiger partial charge is 0.154 e. The van der Waals surface area contributed by atoms with Crippen LogP contribution in [0.1, 0.15) is 19.8 Å². The molecule has 0 bridgehead atoms. The monoisotopic (exact) mass is 445 g/mol. The number of rotatable bonds is 3. The van der Waals surface area contributed by atoms with Gasteiger partial charge in [0, 0.05) is 35.6 Å². The molecule has 2 aliphatic heterocycles. The number of nitrogens with two attached hydrogens (primary N) is 2. The molecular formula is C20H24ClN7OS. The molecule has 2 aliphatic rings. The van der Waals surface area contributed by atoms with Gasteiger partial charge in [0.2, 0.25) is 0 Å². The van der Waals surface area contributed by atoms with E-state index in [0.29, 0.717) is 10.8 Å². The zero-order chi connectivity index (χ0) is 20.9. The van der Waals surface area contributed by atoms with E-state index in [1.54, 1.807) is 12.4 Å². The fraction of sp³-hybridized carbons (Fsp3) is 0.450. The molecule has 2 atom stereocenters. The molecule has 2 fully saturated rings. The maximum atomic E-state index is 6.46. The summed E-state index contributed by atoms with van der Waals surface area (Å²) in [5, 5.41) is 5.82. The van der Waals surface area contributed by atoms with Crippen LogP contribution in [0.25, 0.3) is 5.52 Å². The summed E-state index contributed by atoms with van der Waals surface area (Å²) in [7, 11) is 0. The molecule has 0 amide bonds. The fourth-order valence-corrected chi connectivity index (χ4v) is 5.58. The van der Waals surface area contributed by atoms with Gasteiger partial charge in [-0.1, -0.05) is 23.4 Å². The van der Waals surface area contributed by atoms with E-state index in [0.717, 1.165) is 53.8 Å². The molecule has 5 heterocycles. The van der Waals surface area contributed by atoms with Crippen LogP contribution in [0.15, 0.2) is 40.6 Å². The van der Waals surface area contributed by atoms with Crippen LogP contribution < -0.4 is 16.4 Å². The molecule has 158 valence electrons. The van der Waals surface area contributed by atoms with Gasteiger partial charge in [-0.15, -0.1) is 0 Å². The lowest BCUT2D eigenvalue weighted by molar-refractivity contribution is 0.0974. The molecule has 3 aromatic heterocycles. The molecule has 0 saturated carbocycles. The van der Waals surface area contributed by atoms with Crippen LogP contribution in [0.4, 0.5) is 11.6 Å². The Balaban J connectivity index is 1.40. The molecule has 4 N–H and O–H groups in total. The molecule has 0 aromatic carbocycles. The van der Waals surface area contributed by atoms with Crippen molar-refractivity contribution in [1.29, 1.82) is 0 Å². The molecule has 3 aromatic rings. The minimum Gasteiger partial charge on any atom is -0.382 e. The third-order valence-corrected chi connectivity index (χ3v) is 7.94. The Morgan fingerprint density at radius 3 is 2.77 bits per heavy atom. The highest BCUT2D eigenvalue weighted by molar-refractivity contribution is 7.99. The average molecular weight is 446 g/mol. The zero-order valence-corrected chi connectivity index (χ0v) is 18.2. The van der Waals surface area contributed by atoms with Gasteiger partial charge in [0.1, 0.15) is 16.4 Å². The van der Waals surface area contributed by atoms with Crippen molar-refractivity contribution in [2.45, 2.75) is 41.8 Å². The number of nitrogens with zero attached hydrogens (tertiary/aromatic N) is 5. The van der Waals surface area contributed by atoms with Crippen molar-refractivity contribution in [3.8, 4) is 0 Å². The van der Waals surface area contributed by atoms with E-state index >= 15 is 0 Å². The Labute approximate surface area is 183 Å². The van der Waals surface area contributed by atoms with Crippen LogP contribution >= 0.6 is 23.4 Å². The Morgan fingerprint density at radius 2 is 2.03 bits per heavy atom. The molecule has 5 rings (SSSR count). The molecule has 0 aliphatic carbocycles. The first-order chi connectivity index (χ1) is 14.5. The van der Waals surface area contributed by atoms with E-state index < -0.39 is 0 Å². The predicted molar refractivity (Wildman–Crippen MR) is 118 cm³/mol.